The summed E-state index contributed by atoms with van der Waals surface area (Å²) in [6, 6.07) is 15.9. The number of hydrogen-bond donors (Lipinski definition) is 8. The number of amides is 8. The van der Waals surface area contributed by atoms with E-state index in [1.165, 1.54) is 34.3 Å². The Labute approximate surface area is 482 Å². The van der Waals surface area contributed by atoms with E-state index in [9.17, 15) is 53.1 Å². The van der Waals surface area contributed by atoms with Crippen molar-refractivity contribution in [1.82, 2.24) is 46.7 Å². The largest absolute Gasteiger partial charge is 0.480 e. The molecule has 444 valence electrons. The molecule has 0 spiro atoms. The van der Waals surface area contributed by atoms with Crippen LogP contribution in [0.2, 0.25) is 0 Å². The Kier molecular flexibility index (Phi) is 23.9. The van der Waals surface area contributed by atoms with Gasteiger partial charge in [0.1, 0.15) is 54.0 Å². The first kappa shape index (κ1) is 64.9. The number of para-hydroxylation sites is 1. The molecule has 0 bridgehead atoms. The van der Waals surface area contributed by atoms with Gasteiger partial charge in [-0.3, -0.25) is 42.9 Å². The highest BCUT2D eigenvalue weighted by molar-refractivity contribution is 7.98. The van der Waals surface area contributed by atoms with Crippen molar-refractivity contribution in [2.45, 2.75) is 154 Å². The topological polar surface area (TPSA) is 302 Å². The van der Waals surface area contributed by atoms with Crippen molar-refractivity contribution in [3.63, 3.8) is 0 Å². The molecule has 22 nitrogen and oxygen atoms in total. The summed E-state index contributed by atoms with van der Waals surface area (Å²) in [5, 5.41) is 28.7. The van der Waals surface area contributed by atoms with Gasteiger partial charge in [-0.2, -0.15) is 11.8 Å². The minimum absolute atomic E-state index is 0.0328. The Hall–Kier alpha value is -7.95. The smallest absolute Gasteiger partial charge is 0.419 e. The Morgan fingerprint density at radius 3 is 1.85 bits per heavy atom. The number of aryl methyl sites for hydroxylation is 1. The average Bonchev–Trinajstić information content (AvgIpc) is 4.17. The predicted octanol–water partition coefficient (Wildman–Crippen LogP) is 4.45. The zero-order valence-corrected chi connectivity index (χ0v) is 49.0. The quantitative estimate of drug-likeness (QED) is 0.0403. The third-order valence-electron chi connectivity index (χ3n) is 13.1. The summed E-state index contributed by atoms with van der Waals surface area (Å²) in [6.45, 7) is 12.8. The first-order chi connectivity index (χ1) is 38.7. The molecule has 1 aromatic heterocycles. The molecule has 6 atom stereocenters. The lowest BCUT2D eigenvalue weighted by Gasteiger charge is -2.31. The molecule has 0 saturated carbocycles. The molecule has 5 rings (SSSR count). The first-order valence-electron chi connectivity index (χ1n) is 27.4. The monoisotopic (exact) mass is 1150 g/mol. The van der Waals surface area contributed by atoms with Crippen LogP contribution in [0.15, 0.2) is 85.1 Å². The van der Waals surface area contributed by atoms with Crippen LogP contribution >= 0.6 is 11.8 Å². The van der Waals surface area contributed by atoms with Crippen LogP contribution in [-0.4, -0.2) is 153 Å². The van der Waals surface area contributed by atoms with Crippen LogP contribution in [0.3, 0.4) is 0 Å². The molecule has 8 N–H and O–H groups in total. The number of nitrogens with zero attached hydrogens (tertiary/aromatic N) is 2. The van der Waals surface area contributed by atoms with Crippen molar-refractivity contribution in [3.8, 4) is 0 Å². The Morgan fingerprint density at radius 2 is 1.23 bits per heavy atom. The standard InChI is InChI=1S/C59H79N9O13S/c1-36-23-25-39(26-24-36)32-46(66-52(74)44(62-37(2)69)31-38-17-11-10-12-18-38)55(77)67-29-16-22-48(67)54(76)65-45(33-40-35-68(57(79)81-59(6,7)8)47-21-14-13-19-41(40)47)53(75)64-43(27-30-82-9)51(73)63-42(50(72)61-34-49(70)71)20-15-28-60-56(78)80-58(3,4)5/h10-14,17-19,21,23-26,35,42-46,48H,15-16,20,22,27-34H2,1-9H3,(H,60,78)(H,61,72)(H,62,69)(H,63,73)(H,64,75)(H,65,76)(H,66,74)(H,70,71)/t42-,43-,44-,45-,46-,48-/m0/s1. The molecule has 2 heterocycles. The number of benzene rings is 3. The van der Waals surface area contributed by atoms with Gasteiger partial charge in [0.15, 0.2) is 0 Å². The second-order valence-electron chi connectivity index (χ2n) is 22.3. The van der Waals surface area contributed by atoms with Gasteiger partial charge >= 0.3 is 18.2 Å². The number of carboxylic acids is 1. The van der Waals surface area contributed by atoms with Crippen LogP contribution in [0, 0.1) is 6.92 Å². The third-order valence-corrected chi connectivity index (χ3v) is 13.7. The molecular weight excluding hydrogens is 1070 g/mol. The molecular formula is C59H79N9O13S. The van der Waals surface area contributed by atoms with E-state index >= 15 is 0 Å². The van der Waals surface area contributed by atoms with Gasteiger partial charge in [0.05, 0.1) is 5.52 Å². The fourth-order valence-corrected chi connectivity index (χ4v) is 9.70. The number of likely N-dealkylation sites (tertiary alicyclic amines) is 1. The van der Waals surface area contributed by atoms with Crippen LogP contribution in [0.25, 0.3) is 10.9 Å². The first-order valence-corrected chi connectivity index (χ1v) is 28.8. The average molecular weight is 1150 g/mol. The number of thioether (sulfide) groups is 1. The zero-order valence-electron chi connectivity index (χ0n) is 48.2. The molecule has 0 unspecified atom stereocenters. The van der Waals surface area contributed by atoms with E-state index in [-0.39, 0.29) is 58.0 Å². The van der Waals surface area contributed by atoms with E-state index in [2.05, 4.69) is 37.2 Å². The van der Waals surface area contributed by atoms with E-state index in [1.54, 1.807) is 72.1 Å². The minimum Gasteiger partial charge on any atom is -0.480 e. The number of fused-ring (bicyclic) bond motifs is 1. The molecule has 0 aliphatic carbocycles. The maximum atomic E-state index is 15.0. The number of carboxylic acid groups (broad SMARTS) is 1. The molecule has 1 aliphatic heterocycles. The summed E-state index contributed by atoms with van der Waals surface area (Å²) in [4.78, 5) is 138. The summed E-state index contributed by atoms with van der Waals surface area (Å²) in [5.41, 5.74) is 1.68. The fourth-order valence-electron chi connectivity index (χ4n) is 9.23. The lowest BCUT2D eigenvalue weighted by atomic mass is 10.0. The number of nitrogens with one attached hydrogen (secondary N) is 7. The lowest BCUT2D eigenvalue weighted by molar-refractivity contribution is -0.142. The van der Waals surface area contributed by atoms with E-state index in [4.69, 9.17) is 9.47 Å². The van der Waals surface area contributed by atoms with Crippen LogP contribution in [0.4, 0.5) is 9.59 Å². The summed E-state index contributed by atoms with van der Waals surface area (Å²) in [7, 11) is 0. The second kappa shape index (κ2) is 30.2. The van der Waals surface area contributed by atoms with Crippen LogP contribution in [0.5, 0.6) is 0 Å². The molecule has 4 aromatic rings. The number of ether oxygens (including phenoxy) is 2. The van der Waals surface area contributed by atoms with Crippen molar-refractivity contribution < 1.29 is 62.5 Å². The van der Waals surface area contributed by atoms with Gasteiger partial charge in [0, 0.05) is 50.9 Å². The number of carbonyl (C=O) groups excluding carboxylic acids is 9. The normalized spacial score (nSPS) is 15.1. The Bertz CT molecular complexity index is 2900. The summed E-state index contributed by atoms with van der Waals surface area (Å²) < 4.78 is 12.3. The molecule has 82 heavy (non-hydrogen) atoms. The minimum atomic E-state index is -1.47. The van der Waals surface area contributed by atoms with Crippen LogP contribution in [-0.2, 0) is 67.1 Å². The molecule has 0 radical (unpaired) electrons. The number of rotatable bonds is 26. The van der Waals surface area contributed by atoms with Crippen molar-refractivity contribution in [3.05, 3.63) is 107 Å². The SMILES string of the molecule is CSCC[C@H](NC(=O)[C@H](Cc1cn(C(=O)OC(C)(C)C)c2ccccc12)NC(=O)[C@@H]1CCCN1C(=O)[C@H](Cc1ccc(C)cc1)NC(=O)[C@H](Cc1ccccc1)NC(C)=O)C(=O)N[C@@H](CCCNC(=O)OC(C)(C)C)C(=O)NCC(=O)O. The van der Waals surface area contributed by atoms with Crippen molar-refractivity contribution in [1.29, 1.82) is 0 Å². The molecule has 1 fully saturated rings. The molecule has 23 heteroatoms. The van der Waals surface area contributed by atoms with Crippen LogP contribution < -0.4 is 37.2 Å². The molecule has 1 aliphatic rings. The van der Waals surface area contributed by atoms with Crippen molar-refractivity contribution in [2.75, 3.05) is 31.6 Å². The van der Waals surface area contributed by atoms with E-state index in [0.29, 0.717) is 34.2 Å². The molecule has 8 amide bonds. The van der Waals surface area contributed by atoms with Gasteiger partial charge in [-0.05, 0) is 115 Å². The number of hydrogen-bond acceptors (Lipinski definition) is 13. The van der Waals surface area contributed by atoms with Crippen molar-refractivity contribution >= 4 is 82.2 Å². The van der Waals surface area contributed by atoms with Gasteiger partial charge in [0.25, 0.3) is 0 Å². The van der Waals surface area contributed by atoms with E-state index in [1.807, 2.05) is 61.5 Å². The number of alkyl carbamates (subject to hydrolysis) is 1. The van der Waals surface area contributed by atoms with Crippen molar-refractivity contribution in [2.24, 2.45) is 0 Å². The van der Waals surface area contributed by atoms with Gasteiger partial charge in [0.2, 0.25) is 41.4 Å². The molecule has 1 saturated heterocycles. The van der Waals surface area contributed by atoms with Gasteiger partial charge < -0.3 is 56.7 Å². The van der Waals surface area contributed by atoms with E-state index in [0.717, 1.165) is 11.1 Å². The summed E-state index contributed by atoms with van der Waals surface area (Å²) in [6.07, 6.45) is 2.49. The van der Waals surface area contributed by atoms with Gasteiger partial charge in [-0.15, -0.1) is 0 Å². The highest BCUT2D eigenvalue weighted by Crippen LogP contribution is 2.26. The maximum absolute atomic E-state index is 15.0. The highest BCUT2D eigenvalue weighted by Gasteiger charge is 2.40. The predicted molar refractivity (Wildman–Crippen MR) is 309 cm³/mol. The third kappa shape index (κ3) is 20.5. The van der Waals surface area contributed by atoms with Gasteiger partial charge in [-0.1, -0.05) is 78.4 Å². The summed E-state index contributed by atoms with van der Waals surface area (Å²) in [5.74, 6) is -5.82. The number of carbonyl (C=O) groups is 10. The Morgan fingerprint density at radius 1 is 0.659 bits per heavy atom. The Balaban J connectivity index is 1.48. The zero-order chi connectivity index (χ0) is 60.3. The molecule has 3 aromatic carbocycles. The lowest BCUT2D eigenvalue weighted by Crippen LogP contribution is -2.60. The highest BCUT2D eigenvalue weighted by atomic mass is 32.2. The van der Waals surface area contributed by atoms with Gasteiger partial charge in [-0.25, -0.2) is 9.59 Å². The van der Waals surface area contributed by atoms with E-state index < -0.39 is 114 Å². The summed E-state index contributed by atoms with van der Waals surface area (Å²) >= 11 is 1.37. The fraction of sp³-hybridized carbons (Fsp3) is 0.492. The number of aromatic nitrogens is 1. The maximum Gasteiger partial charge on any atom is 0.419 e. The number of aliphatic carboxylic acids is 1. The second-order valence-corrected chi connectivity index (χ2v) is 23.2. The van der Waals surface area contributed by atoms with Crippen LogP contribution in [0.1, 0.15) is 103 Å².